The average Bonchev–Trinajstić information content (AvgIpc) is 2.69. The van der Waals surface area contributed by atoms with E-state index in [0.29, 0.717) is 19.0 Å². The van der Waals surface area contributed by atoms with Crippen molar-refractivity contribution in [3.8, 4) is 5.88 Å². The molecule has 0 aliphatic rings. The van der Waals surface area contributed by atoms with Crippen molar-refractivity contribution in [3.63, 3.8) is 0 Å². The minimum atomic E-state index is -0.571. The first-order valence-corrected chi connectivity index (χ1v) is 8.42. The van der Waals surface area contributed by atoms with Gasteiger partial charge >= 0.3 is 0 Å². The summed E-state index contributed by atoms with van der Waals surface area (Å²) in [5, 5.41) is 3.20. The molecule has 2 aromatic carbocycles. The van der Waals surface area contributed by atoms with Gasteiger partial charge in [0.25, 0.3) is 0 Å². The van der Waals surface area contributed by atoms with E-state index in [9.17, 15) is 4.79 Å². The van der Waals surface area contributed by atoms with E-state index in [1.54, 1.807) is 6.20 Å². The number of ether oxygens (including phenoxy) is 1. The summed E-state index contributed by atoms with van der Waals surface area (Å²) in [5.41, 5.74) is 8.32. The Morgan fingerprint density at radius 3 is 2.38 bits per heavy atom. The van der Waals surface area contributed by atoms with Crippen LogP contribution in [0.3, 0.4) is 0 Å². The number of carbonyl (C=O) groups excluding carboxylic acids is 1. The summed E-state index contributed by atoms with van der Waals surface area (Å²) in [4.78, 5) is 16.1. The largest absolute Gasteiger partial charge is 0.473 e. The van der Waals surface area contributed by atoms with Crippen LogP contribution < -0.4 is 15.8 Å². The first-order valence-electron chi connectivity index (χ1n) is 8.42. The van der Waals surface area contributed by atoms with Gasteiger partial charge in [-0.2, -0.15) is 0 Å². The molecular formula is C21H21N3O2. The monoisotopic (exact) mass is 347 g/mol. The predicted molar refractivity (Wildman–Crippen MR) is 100 cm³/mol. The summed E-state index contributed by atoms with van der Waals surface area (Å²) in [6.07, 6.45) is 1.69. The molecule has 3 N–H and O–H groups in total. The van der Waals surface area contributed by atoms with Crippen LogP contribution in [0.4, 0.5) is 0 Å². The number of amides is 1. The highest BCUT2D eigenvalue weighted by molar-refractivity contribution is 5.81. The molecule has 5 nitrogen and oxygen atoms in total. The molecule has 0 aliphatic heterocycles. The lowest BCUT2D eigenvalue weighted by Crippen LogP contribution is -2.33. The number of hydrogen-bond acceptors (Lipinski definition) is 4. The van der Waals surface area contributed by atoms with Crippen molar-refractivity contribution in [2.45, 2.75) is 19.2 Å². The maximum atomic E-state index is 11.8. The van der Waals surface area contributed by atoms with E-state index in [1.807, 2.05) is 72.8 Å². The Bertz CT molecular complexity index is 838. The lowest BCUT2D eigenvalue weighted by atomic mass is 10.1. The standard InChI is InChI=1S/C21H21N3O2/c22-20(25)19(17-10-5-2-6-11-17)24-14-18-12-7-13-23-21(18)26-15-16-8-3-1-4-9-16/h1-13,19,24H,14-15H2,(H2,22,25)/t19-/m1/s1. The van der Waals surface area contributed by atoms with Crippen molar-refractivity contribution in [1.29, 1.82) is 0 Å². The lowest BCUT2D eigenvalue weighted by Gasteiger charge is -2.17. The summed E-state index contributed by atoms with van der Waals surface area (Å²) in [6, 6.07) is 22.5. The van der Waals surface area contributed by atoms with Gasteiger partial charge in [0.1, 0.15) is 12.6 Å². The van der Waals surface area contributed by atoms with Crippen LogP contribution in [0.2, 0.25) is 0 Å². The topological polar surface area (TPSA) is 77.2 Å². The summed E-state index contributed by atoms with van der Waals surface area (Å²) in [6.45, 7) is 0.850. The van der Waals surface area contributed by atoms with Crippen molar-refractivity contribution >= 4 is 5.91 Å². The molecule has 3 aromatic rings. The SMILES string of the molecule is NC(=O)[C@H](NCc1cccnc1OCc1ccccc1)c1ccccc1. The molecule has 0 saturated heterocycles. The number of nitrogens with zero attached hydrogens (tertiary/aromatic N) is 1. The summed E-state index contributed by atoms with van der Waals surface area (Å²) in [7, 11) is 0. The molecule has 1 aromatic heterocycles. The van der Waals surface area contributed by atoms with Gasteiger partial charge < -0.3 is 10.5 Å². The first kappa shape index (κ1) is 17.6. The number of nitrogens with one attached hydrogen (secondary N) is 1. The van der Waals surface area contributed by atoms with E-state index in [2.05, 4.69) is 10.3 Å². The molecule has 0 fully saturated rings. The number of aromatic nitrogens is 1. The van der Waals surface area contributed by atoms with Crippen molar-refractivity contribution in [2.24, 2.45) is 5.73 Å². The highest BCUT2D eigenvalue weighted by Gasteiger charge is 2.17. The molecule has 1 heterocycles. The van der Waals surface area contributed by atoms with Gasteiger partial charge in [-0.25, -0.2) is 4.98 Å². The first-order chi connectivity index (χ1) is 12.7. The highest BCUT2D eigenvalue weighted by atomic mass is 16.5. The third kappa shape index (κ3) is 4.68. The van der Waals surface area contributed by atoms with E-state index in [1.165, 1.54) is 0 Å². The normalized spacial score (nSPS) is 11.7. The molecule has 5 heteroatoms. The van der Waals surface area contributed by atoms with Gasteiger partial charge in [-0.1, -0.05) is 66.7 Å². The van der Waals surface area contributed by atoms with Gasteiger partial charge in [-0.05, 0) is 17.2 Å². The smallest absolute Gasteiger partial charge is 0.239 e. The Hall–Kier alpha value is -3.18. The van der Waals surface area contributed by atoms with Crippen LogP contribution in [-0.2, 0) is 17.9 Å². The Labute approximate surface area is 152 Å². The molecule has 0 unspecified atom stereocenters. The number of hydrogen-bond donors (Lipinski definition) is 2. The van der Waals surface area contributed by atoms with Crippen LogP contribution in [-0.4, -0.2) is 10.9 Å². The molecule has 1 atom stereocenters. The maximum absolute atomic E-state index is 11.8. The van der Waals surface area contributed by atoms with Gasteiger partial charge in [0.2, 0.25) is 11.8 Å². The summed E-state index contributed by atoms with van der Waals surface area (Å²) < 4.78 is 5.85. The third-order valence-corrected chi connectivity index (χ3v) is 3.98. The van der Waals surface area contributed by atoms with Crippen LogP contribution in [0.1, 0.15) is 22.7 Å². The van der Waals surface area contributed by atoms with Crippen LogP contribution in [0, 0.1) is 0 Å². The van der Waals surface area contributed by atoms with E-state index < -0.39 is 11.9 Å². The number of nitrogens with two attached hydrogens (primary N) is 1. The minimum absolute atomic E-state index is 0.417. The Morgan fingerprint density at radius 2 is 1.69 bits per heavy atom. The van der Waals surface area contributed by atoms with Crippen LogP contribution >= 0.6 is 0 Å². The zero-order valence-electron chi connectivity index (χ0n) is 14.3. The molecule has 132 valence electrons. The molecule has 0 spiro atoms. The van der Waals surface area contributed by atoms with Crippen molar-refractivity contribution < 1.29 is 9.53 Å². The van der Waals surface area contributed by atoms with Gasteiger partial charge in [-0.3, -0.25) is 10.1 Å². The van der Waals surface area contributed by atoms with E-state index in [4.69, 9.17) is 10.5 Å². The van der Waals surface area contributed by atoms with E-state index >= 15 is 0 Å². The number of carbonyl (C=O) groups is 1. The average molecular weight is 347 g/mol. The van der Waals surface area contributed by atoms with Crippen molar-refractivity contribution in [1.82, 2.24) is 10.3 Å². The lowest BCUT2D eigenvalue weighted by molar-refractivity contribution is -0.120. The molecular weight excluding hydrogens is 326 g/mol. The molecule has 0 saturated carbocycles. The van der Waals surface area contributed by atoms with Crippen LogP contribution in [0.5, 0.6) is 5.88 Å². The molecule has 3 rings (SSSR count). The van der Waals surface area contributed by atoms with E-state index in [-0.39, 0.29) is 0 Å². The van der Waals surface area contributed by atoms with Crippen LogP contribution in [0.25, 0.3) is 0 Å². The quantitative estimate of drug-likeness (QED) is 0.657. The van der Waals surface area contributed by atoms with Gasteiger partial charge in [0, 0.05) is 18.3 Å². The molecule has 26 heavy (non-hydrogen) atoms. The molecule has 1 amide bonds. The fourth-order valence-corrected chi connectivity index (χ4v) is 2.65. The maximum Gasteiger partial charge on any atom is 0.239 e. The van der Waals surface area contributed by atoms with Crippen LogP contribution in [0.15, 0.2) is 79.0 Å². The predicted octanol–water partition coefficient (Wildman–Crippen LogP) is 2.98. The zero-order chi connectivity index (χ0) is 18.2. The molecule has 0 bridgehead atoms. The zero-order valence-corrected chi connectivity index (χ0v) is 14.3. The van der Waals surface area contributed by atoms with Gasteiger partial charge in [0.15, 0.2) is 0 Å². The fraction of sp³-hybridized carbons (Fsp3) is 0.143. The van der Waals surface area contributed by atoms with Gasteiger partial charge in [0.05, 0.1) is 0 Å². The van der Waals surface area contributed by atoms with E-state index in [0.717, 1.165) is 16.7 Å². The van der Waals surface area contributed by atoms with Gasteiger partial charge in [-0.15, -0.1) is 0 Å². The molecule has 0 radical (unpaired) electrons. The molecule has 0 aliphatic carbocycles. The van der Waals surface area contributed by atoms with Crippen molar-refractivity contribution in [2.75, 3.05) is 0 Å². The fourth-order valence-electron chi connectivity index (χ4n) is 2.65. The second kappa shape index (κ2) is 8.78. The van der Waals surface area contributed by atoms with Crippen molar-refractivity contribution in [3.05, 3.63) is 95.7 Å². The Kier molecular flexibility index (Phi) is 5.96. The Balaban J connectivity index is 1.68. The second-order valence-electron chi connectivity index (χ2n) is 5.87. The highest BCUT2D eigenvalue weighted by Crippen LogP contribution is 2.18. The second-order valence-corrected chi connectivity index (χ2v) is 5.87. The summed E-state index contributed by atoms with van der Waals surface area (Å²) >= 11 is 0. The Morgan fingerprint density at radius 1 is 1.00 bits per heavy atom. The third-order valence-electron chi connectivity index (χ3n) is 3.98. The minimum Gasteiger partial charge on any atom is -0.473 e. The number of primary amides is 1. The number of pyridine rings is 1. The summed E-state index contributed by atoms with van der Waals surface area (Å²) in [5.74, 6) is 0.118. The number of rotatable bonds is 8. The number of benzene rings is 2.